The molecule has 8 nitrogen and oxygen atoms in total. The maximum atomic E-state index is 10.8. The summed E-state index contributed by atoms with van der Waals surface area (Å²) in [6, 6.07) is 11.2. The fourth-order valence-electron chi connectivity index (χ4n) is 1.83. The van der Waals surface area contributed by atoms with Crippen molar-refractivity contribution in [1.29, 1.82) is 0 Å². The lowest BCUT2D eigenvalue weighted by Gasteiger charge is -2.15. The molecule has 2 aromatic carbocycles. The highest BCUT2D eigenvalue weighted by Gasteiger charge is 2.10. The molecule has 0 atom stereocenters. The van der Waals surface area contributed by atoms with E-state index in [1.54, 1.807) is 31.4 Å². The number of hydrogen-bond donors (Lipinski definition) is 4. The molecule has 0 spiro atoms. The number of ether oxygens (including phenoxy) is 1. The summed E-state index contributed by atoms with van der Waals surface area (Å²) >= 11 is 16.2. The highest BCUT2D eigenvalue weighted by Crippen LogP contribution is 2.26. The molecule has 0 aliphatic rings. The first kappa shape index (κ1) is 19.6. The quantitative estimate of drug-likeness (QED) is 0.342. The van der Waals surface area contributed by atoms with E-state index in [-0.39, 0.29) is 15.9 Å². The van der Waals surface area contributed by atoms with Crippen molar-refractivity contribution in [2.75, 3.05) is 17.7 Å². The molecule has 0 unspecified atom stereocenters. The first-order valence-corrected chi connectivity index (χ1v) is 8.30. The van der Waals surface area contributed by atoms with E-state index in [9.17, 15) is 10.1 Å². The van der Waals surface area contributed by atoms with Gasteiger partial charge >= 0.3 is 0 Å². The molecule has 0 saturated heterocycles. The van der Waals surface area contributed by atoms with Gasteiger partial charge in [-0.1, -0.05) is 11.6 Å². The van der Waals surface area contributed by atoms with E-state index in [1.165, 1.54) is 18.2 Å². The van der Waals surface area contributed by atoms with Gasteiger partial charge in [0.05, 0.1) is 22.7 Å². The number of nitro groups is 1. The summed E-state index contributed by atoms with van der Waals surface area (Å²) in [7, 11) is 1.58. The van der Waals surface area contributed by atoms with Crippen molar-refractivity contribution in [1.82, 2.24) is 10.9 Å². The number of rotatable bonds is 4. The summed E-state index contributed by atoms with van der Waals surface area (Å²) in [4.78, 5) is 10.3. The van der Waals surface area contributed by atoms with Crippen LogP contribution in [0.25, 0.3) is 0 Å². The third-order valence-corrected chi connectivity index (χ3v) is 3.78. The summed E-state index contributed by atoms with van der Waals surface area (Å²) in [6.45, 7) is 0. The second kappa shape index (κ2) is 9.13. The van der Waals surface area contributed by atoms with Crippen molar-refractivity contribution in [3.63, 3.8) is 0 Å². The molecule has 2 rings (SSSR count). The molecule has 11 heteroatoms. The topological polar surface area (TPSA) is 100 Å². The van der Waals surface area contributed by atoms with E-state index in [2.05, 4.69) is 21.5 Å². The SMILES string of the molecule is COc1ccc(NC(=S)NNC(=S)Nc2cc([N+](=O)[O-])ccc2Cl)cc1. The Bertz CT molecular complexity index is 833. The van der Waals surface area contributed by atoms with Crippen LogP contribution in [0.5, 0.6) is 5.75 Å². The van der Waals surface area contributed by atoms with Crippen molar-refractivity contribution in [2.24, 2.45) is 0 Å². The van der Waals surface area contributed by atoms with E-state index >= 15 is 0 Å². The Morgan fingerprint density at radius 2 is 1.69 bits per heavy atom. The zero-order valence-corrected chi connectivity index (χ0v) is 15.8. The fraction of sp³-hybridized carbons (Fsp3) is 0.0667. The van der Waals surface area contributed by atoms with Crippen LogP contribution in [-0.2, 0) is 0 Å². The molecule has 26 heavy (non-hydrogen) atoms. The molecule has 0 heterocycles. The Morgan fingerprint density at radius 3 is 2.27 bits per heavy atom. The van der Waals surface area contributed by atoms with Gasteiger partial charge in [-0.2, -0.15) is 0 Å². The van der Waals surface area contributed by atoms with E-state index in [0.717, 1.165) is 11.4 Å². The molecule has 0 aliphatic carbocycles. The average molecular weight is 412 g/mol. The van der Waals surface area contributed by atoms with E-state index in [1.807, 2.05) is 0 Å². The molecule has 0 radical (unpaired) electrons. The first-order chi connectivity index (χ1) is 12.4. The van der Waals surface area contributed by atoms with Gasteiger partial charge in [-0.25, -0.2) is 0 Å². The molecule has 0 amide bonds. The predicted molar refractivity (Wildman–Crippen MR) is 110 cm³/mol. The van der Waals surface area contributed by atoms with Gasteiger partial charge in [-0.3, -0.25) is 21.0 Å². The van der Waals surface area contributed by atoms with Gasteiger partial charge < -0.3 is 15.4 Å². The summed E-state index contributed by atoms with van der Waals surface area (Å²) in [6.07, 6.45) is 0. The third kappa shape index (κ3) is 5.69. The Hall–Kier alpha value is -2.69. The number of non-ortho nitro benzene ring substituents is 1. The number of hydrazine groups is 1. The third-order valence-electron chi connectivity index (χ3n) is 3.05. The lowest BCUT2D eigenvalue weighted by Crippen LogP contribution is -2.45. The minimum Gasteiger partial charge on any atom is -0.497 e. The summed E-state index contributed by atoms with van der Waals surface area (Å²) in [5, 5.41) is 17.2. The standard InChI is InChI=1S/C15H14ClN5O3S2/c1-24-11-5-2-9(3-6-11)17-14(25)19-20-15(26)18-13-8-10(21(22)23)4-7-12(13)16/h2-8H,1H3,(H2,17,19,25)(H2,18,20,26). The van der Waals surface area contributed by atoms with Crippen LogP contribution in [0.3, 0.4) is 0 Å². The maximum absolute atomic E-state index is 10.8. The predicted octanol–water partition coefficient (Wildman–Crippen LogP) is 3.44. The molecule has 0 saturated carbocycles. The van der Waals surface area contributed by atoms with Gasteiger partial charge in [-0.15, -0.1) is 0 Å². The van der Waals surface area contributed by atoms with Crippen LogP contribution in [0.4, 0.5) is 17.1 Å². The van der Waals surface area contributed by atoms with Crippen LogP contribution >= 0.6 is 36.0 Å². The Balaban J connectivity index is 1.87. The number of hydrogen-bond acceptors (Lipinski definition) is 5. The highest BCUT2D eigenvalue weighted by molar-refractivity contribution is 7.81. The highest BCUT2D eigenvalue weighted by atomic mass is 35.5. The number of nitrogens with one attached hydrogen (secondary N) is 4. The smallest absolute Gasteiger partial charge is 0.271 e. The number of methoxy groups -OCH3 is 1. The van der Waals surface area contributed by atoms with Crippen molar-refractivity contribution in [3.8, 4) is 5.75 Å². The summed E-state index contributed by atoms with van der Waals surface area (Å²) < 4.78 is 5.08. The van der Waals surface area contributed by atoms with E-state index in [0.29, 0.717) is 10.7 Å². The monoisotopic (exact) mass is 411 g/mol. The fourth-order valence-corrected chi connectivity index (χ4v) is 2.32. The van der Waals surface area contributed by atoms with Gasteiger partial charge in [0.2, 0.25) is 0 Å². The zero-order valence-electron chi connectivity index (χ0n) is 13.4. The van der Waals surface area contributed by atoms with Crippen LogP contribution in [0.1, 0.15) is 0 Å². The van der Waals surface area contributed by atoms with Crippen molar-refractivity contribution >= 4 is 63.3 Å². The van der Waals surface area contributed by atoms with Crippen LogP contribution in [0, 0.1) is 10.1 Å². The number of benzene rings is 2. The van der Waals surface area contributed by atoms with Crippen LogP contribution in [0.2, 0.25) is 5.02 Å². The van der Waals surface area contributed by atoms with Gasteiger partial charge in [-0.05, 0) is 54.8 Å². The second-order valence-electron chi connectivity index (χ2n) is 4.81. The molecule has 0 fully saturated rings. The van der Waals surface area contributed by atoms with Gasteiger partial charge in [0, 0.05) is 17.8 Å². The Labute approximate surface area is 165 Å². The minimum absolute atomic E-state index is 0.107. The molecule has 2 aromatic rings. The van der Waals surface area contributed by atoms with Crippen molar-refractivity contribution in [3.05, 3.63) is 57.6 Å². The average Bonchev–Trinajstić information content (AvgIpc) is 2.62. The molecule has 0 bridgehead atoms. The molecule has 0 aliphatic heterocycles. The molecular formula is C15H14ClN5O3S2. The largest absolute Gasteiger partial charge is 0.497 e. The Kier molecular flexibility index (Phi) is 6.89. The lowest BCUT2D eigenvalue weighted by molar-refractivity contribution is -0.384. The van der Waals surface area contributed by atoms with Crippen molar-refractivity contribution < 1.29 is 9.66 Å². The van der Waals surface area contributed by atoms with Crippen LogP contribution in [0.15, 0.2) is 42.5 Å². The number of nitro benzene ring substituents is 1. The number of halogens is 1. The molecule has 0 aromatic heterocycles. The lowest BCUT2D eigenvalue weighted by atomic mass is 10.3. The number of thiocarbonyl (C=S) groups is 2. The normalized spacial score (nSPS) is 9.77. The summed E-state index contributed by atoms with van der Waals surface area (Å²) in [5.74, 6) is 0.728. The van der Waals surface area contributed by atoms with Gasteiger partial charge in [0.1, 0.15) is 5.75 Å². The molecular weight excluding hydrogens is 398 g/mol. The molecule has 4 N–H and O–H groups in total. The van der Waals surface area contributed by atoms with Crippen LogP contribution < -0.4 is 26.2 Å². The molecule has 136 valence electrons. The Morgan fingerprint density at radius 1 is 1.08 bits per heavy atom. The maximum Gasteiger partial charge on any atom is 0.271 e. The van der Waals surface area contributed by atoms with E-state index < -0.39 is 4.92 Å². The number of nitrogens with zero attached hydrogens (tertiary/aromatic N) is 1. The number of anilines is 2. The minimum atomic E-state index is -0.524. The van der Waals surface area contributed by atoms with Crippen LogP contribution in [-0.4, -0.2) is 22.3 Å². The van der Waals surface area contributed by atoms with Gasteiger partial charge in [0.25, 0.3) is 5.69 Å². The van der Waals surface area contributed by atoms with Crippen molar-refractivity contribution in [2.45, 2.75) is 0 Å². The first-order valence-electron chi connectivity index (χ1n) is 7.11. The zero-order chi connectivity index (χ0) is 19.1. The second-order valence-corrected chi connectivity index (χ2v) is 6.03. The van der Waals surface area contributed by atoms with Gasteiger partial charge in [0.15, 0.2) is 10.2 Å². The summed E-state index contributed by atoms with van der Waals surface area (Å²) in [5.41, 5.74) is 6.31. The van der Waals surface area contributed by atoms with E-state index in [4.69, 9.17) is 40.8 Å².